The van der Waals surface area contributed by atoms with Crippen LogP contribution in [0.2, 0.25) is 0 Å². The number of aliphatic hydroxyl groups is 1. The maximum atomic E-state index is 9.06. The Hall–Kier alpha value is -2.72. The van der Waals surface area contributed by atoms with Crippen molar-refractivity contribution in [1.82, 2.24) is 10.2 Å². The number of nitrogens with zero attached hydrogens (tertiary/aromatic N) is 2. The molecular formula is C21H22N2O2. The fourth-order valence-corrected chi connectivity index (χ4v) is 2.56. The first kappa shape index (κ1) is 17.1. The van der Waals surface area contributed by atoms with E-state index in [-0.39, 0.29) is 6.61 Å². The minimum absolute atomic E-state index is 0.0808. The molecule has 0 unspecified atom stereocenters. The van der Waals surface area contributed by atoms with E-state index in [1.54, 1.807) is 0 Å². The highest BCUT2D eigenvalue weighted by Gasteiger charge is 2.01. The second-order valence-electron chi connectivity index (χ2n) is 5.92. The lowest BCUT2D eigenvalue weighted by molar-refractivity contribution is 0.282. The maximum absolute atomic E-state index is 9.06. The topological polar surface area (TPSA) is 55.2 Å². The zero-order valence-electron chi connectivity index (χ0n) is 14.1. The monoisotopic (exact) mass is 334 g/mol. The van der Waals surface area contributed by atoms with Crippen molar-refractivity contribution < 1.29 is 9.84 Å². The van der Waals surface area contributed by atoms with Gasteiger partial charge in [-0.05, 0) is 35.6 Å². The summed E-state index contributed by atoms with van der Waals surface area (Å²) < 4.78 is 5.66. The van der Waals surface area contributed by atoms with Crippen LogP contribution in [0.5, 0.6) is 5.88 Å². The molecule has 0 atom stereocenters. The summed E-state index contributed by atoms with van der Waals surface area (Å²) in [7, 11) is 0. The van der Waals surface area contributed by atoms with E-state index in [1.165, 1.54) is 11.1 Å². The van der Waals surface area contributed by atoms with E-state index in [0.717, 1.165) is 30.5 Å². The van der Waals surface area contributed by atoms with E-state index in [2.05, 4.69) is 22.3 Å². The van der Waals surface area contributed by atoms with Gasteiger partial charge in [0.1, 0.15) is 0 Å². The molecule has 0 amide bonds. The molecule has 0 saturated carbocycles. The number of aryl methyl sites for hydroxylation is 2. The van der Waals surface area contributed by atoms with Gasteiger partial charge in [0.25, 0.3) is 0 Å². The molecule has 3 aromatic rings. The van der Waals surface area contributed by atoms with E-state index < -0.39 is 0 Å². The highest BCUT2D eigenvalue weighted by molar-refractivity contribution is 5.23. The molecule has 4 nitrogen and oxygen atoms in total. The predicted octanol–water partition coefficient (Wildman–Crippen LogP) is 3.38. The molecule has 25 heavy (non-hydrogen) atoms. The summed E-state index contributed by atoms with van der Waals surface area (Å²) in [5.74, 6) is 0.562. The number of hydrogen-bond donors (Lipinski definition) is 1. The Labute approximate surface area is 148 Å². The summed E-state index contributed by atoms with van der Waals surface area (Å²) in [6.45, 7) is 0.673. The van der Waals surface area contributed by atoms with E-state index in [4.69, 9.17) is 9.84 Å². The molecule has 0 spiro atoms. The van der Waals surface area contributed by atoms with Crippen molar-refractivity contribution in [3.8, 4) is 5.88 Å². The molecule has 1 N–H and O–H groups in total. The maximum Gasteiger partial charge on any atom is 0.233 e. The summed E-state index contributed by atoms with van der Waals surface area (Å²) in [6.07, 6.45) is 2.58. The Bertz CT molecular complexity index is 756. The van der Waals surface area contributed by atoms with Crippen LogP contribution in [0.4, 0.5) is 0 Å². The minimum atomic E-state index is 0.0808. The van der Waals surface area contributed by atoms with Gasteiger partial charge in [-0.2, -0.15) is 5.10 Å². The Morgan fingerprint density at radius 3 is 2.08 bits per heavy atom. The summed E-state index contributed by atoms with van der Waals surface area (Å²) in [5.41, 5.74) is 4.35. The van der Waals surface area contributed by atoms with Gasteiger partial charge in [-0.25, -0.2) is 0 Å². The Morgan fingerprint density at radius 2 is 1.40 bits per heavy atom. The largest absolute Gasteiger partial charge is 0.476 e. The van der Waals surface area contributed by atoms with Crippen LogP contribution in [-0.2, 0) is 25.9 Å². The minimum Gasteiger partial charge on any atom is -0.476 e. The zero-order chi connectivity index (χ0) is 17.3. The first-order chi connectivity index (χ1) is 12.3. The van der Waals surface area contributed by atoms with Crippen LogP contribution in [-0.4, -0.2) is 21.9 Å². The second-order valence-corrected chi connectivity index (χ2v) is 5.92. The van der Waals surface area contributed by atoms with Gasteiger partial charge in [-0.15, -0.1) is 5.10 Å². The number of aromatic nitrogens is 2. The fourth-order valence-electron chi connectivity index (χ4n) is 2.56. The molecule has 2 aromatic carbocycles. The molecule has 0 aliphatic carbocycles. The van der Waals surface area contributed by atoms with Crippen molar-refractivity contribution in [2.45, 2.75) is 25.9 Å². The third kappa shape index (κ3) is 5.40. The SMILES string of the molecule is OCc1ccc(CCc2ccc(OCCc3ccccc3)nn2)cc1. The van der Waals surface area contributed by atoms with Gasteiger partial charge in [0.15, 0.2) is 0 Å². The smallest absolute Gasteiger partial charge is 0.233 e. The number of aliphatic hydroxyl groups excluding tert-OH is 1. The molecule has 0 aliphatic heterocycles. The van der Waals surface area contributed by atoms with Gasteiger partial charge < -0.3 is 9.84 Å². The molecule has 0 bridgehead atoms. The van der Waals surface area contributed by atoms with Crippen LogP contribution in [0.15, 0.2) is 66.7 Å². The highest BCUT2D eigenvalue weighted by Crippen LogP contribution is 2.10. The number of ether oxygens (including phenoxy) is 1. The first-order valence-corrected chi connectivity index (χ1v) is 8.51. The van der Waals surface area contributed by atoms with E-state index in [0.29, 0.717) is 12.5 Å². The molecule has 128 valence electrons. The first-order valence-electron chi connectivity index (χ1n) is 8.51. The van der Waals surface area contributed by atoms with Gasteiger partial charge in [0.2, 0.25) is 5.88 Å². The summed E-state index contributed by atoms with van der Waals surface area (Å²) in [6, 6.07) is 22.1. The lowest BCUT2D eigenvalue weighted by atomic mass is 10.1. The average Bonchev–Trinajstić information content (AvgIpc) is 2.68. The van der Waals surface area contributed by atoms with Gasteiger partial charge in [0.05, 0.1) is 18.9 Å². The molecule has 1 heterocycles. The van der Waals surface area contributed by atoms with E-state index in [9.17, 15) is 0 Å². The van der Waals surface area contributed by atoms with Crippen LogP contribution in [0, 0.1) is 0 Å². The van der Waals surface area contributed by atoms with Crippen molar-refractivity contribution in [1.29, 1.82) is 0 Å². The number of hydrogen-bond acceptors (Lipinski definition) is 4. The van der Waals surface area contributed by atoms with E-state index in [1.807, 2.05) is 54.6 Å². The van der Waals surface area contributed by atoms with Gasteiger partial charge in [-0.1, -0.05) is 54.6 Å². The molecule has 4 heteroatoms. The van der Waals surface area contributed by atoms with Gasteiger partial charge >= 0.3 is 0 Å². The third-order valence-electron chi connectivity index (χ3n) is 4.05. The van der Waals surface area contributed by atoms with Crippen LogP contribution < -0.4 is 4.74 Å². The van der Waals surface area contributed by atoms with Gasteiger partial charge in [-0.3, -0.25) is 0 Å². The highest BCUT2D eigenvalue weighted by atomic mass is 16.5. The Balaban J connectivity index is 1.45. The summed E-state index contributed by atoms with van der Waals surface area (Å²) in [5, 5.41) is 17.4. The third-order valence-corrected chi connectivity index (χ3v) is 4.05. The number of rotatable bonds is 8. The Kier molecular flexibility index (Phi) is 6.12. The molecular weight excluding hydrogens is 312 g/mol. The quantitative estimate of drug-likeness (QED) is 0.686. The molecule has 3 rings (SSSR count). The molecule has 1 aromatic heterocycles. The normalized spacial score (nSPS) is 10.6. The van der Waals surface area contributed by atoms with Crippen molar-refractivity contribution >= 4 is 0 Å². The average molecular weight is 334 g/mol. The van der Waals surface area contributed by atoms with Crippen LogP contribution in [0.3, 0.4) is 0 Å². The Morgan fingerprint density at radius 1 is 0.680 bits per heavy atom. The van der Waals surface area contributed by atoms with Crippen LogP contribution in [0.25, 0.3) is 0 Å². The van der Waals surface area contributed by atoms with Gasteiger partial charge in [0, 0.05) is 12.5 Å². The molecule has 0 aliphatic rings. The molecule has 0 radical (unpaired) electrons. The van der Waals surface area contributed by atoms with Crippen LogP contribution in [0.1, 0.15) is 22.4 Å². The molecule has 0 saturated heterocycles. The van der Waals surface area contributed by atoms with Crippen molar-refractivity contribution in [2.75, 3.05) is 6.61 Å². The van der Waals surface area contributed by atoms with E-state index >= 15 is 0 Å². The standard InChI is InChI=1S/C21H22N2O2/c24-16-19-8-6-18(7-9-19)10-11-20-12-13-21(23-22-20)25-15-14-17-4-2-1-3-5-17/h1-9,12-13,24H,10-11,14-16H2. The predicted molar refractivity (Wildman–Crippen MR) is 97.4 cm³/mol. The lowest BCUT2D eigenvalue weighted by Crippen LogP contribution is -2.04. The number of benzene rings is 2. The fraction of sp³-hybridized carbons (Fsp3) is 0.238. The lowest BCUT2D eigenvalue weighted by Gasteiger charge is -2.06. The summed E-state index contributed by atoms with van der Waals surface area (Å²) >= 11 is 0. The van der Waals surface area contributed by atoms with Crippen molar-refractivity contribution in [3.63, 3.8) is 0 Å². The van der Waals surface area contributed by atoms with Crippen molar-refractivity contribution in [2.24, 2.45) is 0 Å². The van der Waals surface area contributed by atoms with Crippen LogP contribution >= 0.6 is 0 Å². The summed E-state index contributed by atoms with van der Waals surface area (Å²) in [4.78, 5) is 0. The molecule has 0 fully saturated rings. The van der Waals surface area contributed by atoms with Crippen molar-refractivity contribution in [3.05, 3.63) is 89.1 Å². The zero-order valence-corrected chi connectivity index (χ0v) is 14.1. The second kappa shape index (κ2) is 8.94.